The standard InChI is InChI=1S/C18H27NO2/c1-4-13(3)19-18(20)17(5-2)21-16-11-10-14-8-6-7-9-15(14)12-16/h10-13,17H,4-9H2,1-3H3,(H,19,20)/t13-,17-/m1/s1. The lowest BCUT2D eigenvalue weighted by molar-refractivity contribution is -0.128. The molecule has 0 unspecified atom stereocenters. The summed E-state index contributed by atoms with van der Waals surface area (Å²) < 4.78 is 5.92. The Labute approximate surface area is 128 Å². The summed E-state index contributed by atoms with van der Waals surface area (Å²) >= 11 is 0. The van der Waals surface area contributed by atoms with Gasteiger partial charge in [0.1, 0.15) is 5.75 Å². The highest BCUT2D eigenvalue weighted by molar-refractivity contribution is 5.81. The Morgan fingerprint density at radius 3 is 2.57 bits per heavy atom. The van der Waals surface area contributed by atoms with E-state index in [1.165, 1.54) is 30.4 Å². The molecule has 3 nitrogen and oxygen atoms in total. The molecule has 0 radical (unpaired) electrons. The number of aryl methyl sites for hydroxylation is 2. The molecule has 1 aliphatic carbocycles. The van der Waals surface area contributed by atoms with Crippen LogP contribution in [0.2, 0.25) is 0 Å². The van der Waals surface area contributed by atoms with Crippen LogP contribution in [-0.4, -0.2) is 18.1 Å². The molecule has 0 saturated heterocycles. The van der Waals surface area contributed by atoms with Crippen molar-refractivity contribution in [3.63, 3.8) is 0 Å². The number of fused-ring (bicyclic) bond motifs is 1. The average Bonchev–Trinajstić information content (AvgIpc) is 2.52. The highest BCUT2D eigenvalue weighted by Crippen LogP contribution is 2.26. The molecule has 0 fully saturated rings. The summed E-state index contributed by atoms with van der Waals surface area (Å²) in [6, 6.07) is 6.47. The fourth-order valence-corrected chi connectivity index (χ4v) is 2.71. The zero-order valence-electron chi connectivity index (χ0n) is 13.4. The third kappa shape index (κ3) is 4.23. The topological polar surface area (TPSA) is 38.3 Å². The van der Waals surface area contributed by atoms with Crippen LogP contribution >= 0.6 is 0 Å². The van der Waals surface area contributed by atoms with Gasteiger partial charge in [0.05, 0.1) is 0 Å². The molecule has 1 amide bonds. The molecule has 3 heteroatoms. The van der Waals surface area contributed by atoms with Crippen molar-refractivity contribution in [3.8, 4) is 5.75 Å². The van der Waals surface area contributed by atoms with Crippen molar-refractivity contribution in [1.82, 2.24) is 5.32 Å². The first-order valence-electron chi connectivity index (χ1n) is 8.22. The molecule has 0 bridgehead atoms. The van der Waals surface area contributed by atoms with Crippen molar-refractivity contribution in [3.05, 3.63) is 29.3 Å². The van der Waals surface area contributed by atoms with Crippen LogP contribution in [0.15, 0.2) is 18.2 Å². The van der Waals surface area contributed by atoms with Crippen molar-refractivity contribution in [2.24, 2.45) is 0 Å². The Hall–Kier alpha value is -1.51. The summed E-state index contributed by atoms with van der Waals surface area (Å²) in [4.78, 5) is 12.2. The van der Waals surface area contributed by atoms with E-state index in [1.807, 2.05) is 19.9 Å². The molecule has 21 heavy (non-hydrogen) atoms. The molecular weight excluding hydrogens is 262 g/mol. The van der Waals surface area contributed by atoms with Crippen molar-refractivity contribution in [2.45, 2.75) is 71.4 Å². The fourth-order valence-electron chi connectivity index (χ4n) is 2.71. The molecule has 116 valence electrons. The first-order valence-corrected chi connectivity index (χ1v) is 8.22. The maximum Gasteiger partial charge on any atom is 0.261 e. The van der Waals surface area contributed by atoms with Crippen LogP contribution in [0.3, 0.4) is 0 Å². The average molecular weight is 289 g/mol. The largest absolute Gasteiger partial charge is 0.481 e. The van der Waals surface area contributed by atoms with Gasteiger partial charge in [0, 0.05) is 6.04 Å². The summed E-state index contributed by atoms with van der Waals surface area (Å²) in [7, 11) is 0. The van der Waals surface area contributed by atoms with Crippen LogP contribution < -0.4 is 10.1 Å². The van der Waals surface area contributed by atoms with Gasteiger partial charge in [-0.05, 0) is 68.7 Å². The van der Waals surface area contributed by atoms with E-state index in [1.54, 1.807) is 0 Å². The third-order valence-electron chi connectivity index (χ3n) is 4.26. The molecule has 0 aromatic heterocycles. The van der Waals surface area contributed by atoms with Gasteiger partial charge >= 0.3 is 0 Å². The molecule has 0 saturated carbocycles. The second kappa shape index (κ2) is 7.48. The van der Waals surface area contributed by atoms with Crippen molar-refractivity contribution >= 4 is 5.91 Å². The van der Waals surface area contributed by atoms with Crippen molar-refractivity contribution in [2.75, 3.05) is 0 Å². The predicted octanol–water partition coefficient (Wildman–Crippen LogP) is 3.64. The Balaban J connectivity index is 2.02. The lowest BCUT2D eigenvalue weighted by Gasteiger charge is -2.21. The second-order valence-electron chi connectivity index (χ2n) is 5.97. The van der Waals surface area contributed by atoms with Crippen LogP contribution in [0.5, 0.6) is 5.75 Å². The number of hydrogen-bond acceptors (Lipinski definition) is 2. The van der Waals surface area contributed by atoms with Crippen LogP contribution in [-0.2, 0) is 17.6 Å². The molecule has 1 aromatic rings. The zero-order valence-corrected chi connectivity index (χ0v) is 13.4. The Morgan fingerprint density at radius 1 is 1.19 bits per heavy atom. The van der Waals surface area contributed by atoms with E-state index in [0.717, 1.165) is 18.6 Å². The van der Waals surface area contributed by atoms with Crippen LogP contribution in [0.1, 0.15) is 57.6 Å². The highest BCUT2D eigenvalue weighted by Gasteiger charge is 2.20. The van der Waals surface area contributed by atoms with E-state index in [-0.39, 0.29) is 11.9 Å². The van der Waals surface area contributed by atoms with Crippen LogP contribution in [0.4, 0.5) is 0 Å². The molecule has 1 aromatic carbocycles. The minimum Gasteiger partial charge on any atom is -0.481 e. The summed E-state index contributed by atoms with van der Waals surface area (Å²) in [6.45, 7) is 6.07. The number of rotatable bonds is 6. The Kier molecular flexibility index (Phi) is 5.66. The van der Waals surface area contributed by atoms with Gasteiger partial charge in [-0.25, -0.2) is 0 Å². The molecule has 0 aliphatic heterocycles. The Bertz CT molecular complexity index is 484. The smallest absolute Gasteiger partial charge is 0.261 e. The number of ether oxygens (including phenoxy) is 1. The maximum absolute atomic E-state index is 12.2. The molecular formula is C18H27NO2. The van der Waals surface area contributed by atoms with Gasteiger partial charge in [-0.1, -0.05) is 19.9 Å². The maximum atomic E-state index is 12.2. The van der Waals surface area contributed by atoms with Crippen LogP contribution in [0, 0.1) is 0 Å². The highest BCUT2D eigenvalue weighted by atomic mass is 16.5. The lowest BCUT2D eigenvalue weighted by Crippen LogP contribution is -2.42. The van der Waals surface area contributed by atoms with Crippen molar-refractivity contribution in [1.29, 1.82) is 0 Å². The van der Waals surface area contributed by atoms with E-state index in [4.69, 9.17) is 4.74 Å². The molecule has 1 aliphatic rings. The molecule has 0 heterocycles. The molecule has 2 rings (SSSR count). The van der Waals surface area contributed by atoms with Gasteiger partial charge in [-0.3, -0.25) is 4.79 Å². The number of benzene rings is 1. The lowest BCUT2D eigenvalue weighted by atomic mass is 9.92. The third-order valence-corrected chi connectivity index (χ3v) is 4.26. The van der Waals surface area contributed by atoms with Gasteiger partial charge in [-0.15, -0.1) is 0 Å². The summed E-state index contributed by atoms with van der Waals surface area (Å²) in [6.07, 6.45) is 6.04. The number of amides is 1. The van der Waals surface area contributed by atoms with Gasteiger partial charge in [0.15, 0.2) is 6.10 Å². The summed E-state index contributed by atoms with van der Waals surface area (Å²) in [5.74, 6) is 0.811. The molecule has 0 spiro atoms. The number of carbonyl (C=O) groups is 1. The monoisotopic (exact) mass is 289 g/mol. The summed E-state index contributed by atoms with van der Waals surface area (Å²) in [5, 5.41) is 3.00. The Morgan fingerprint density at radius 2 is 1.90 bits per heavy atom. The molecule has 1 N–H and O–H groups in total. The van der Waals surface area contributed by atoms with E-state index in [2.05, 4.69) is 24.4 Å². The number of nitrogens with one attached hydrogen (secondary N) is 1. The summed E-state index contributed by atoms with van der Waals surface area (Å²) in [5.41, 5.74) is 2.82. The SMILES string of the molecule is CC[C@@H](C)NC(=O)[C@@H](CC)Oc1ccc2c(c1)CCCC2. The zero-order chi connectivity index (χ0) is 15.2. The van der Waals surface area contributed by atoms with E-state index in [0.29, 0.717) is 6.42 Å². The van der Waals surface area contributed by atoms with E-state index in [9.17, 15) is 4.79 Å². The van der Waals surface area contributed by atoms with Crippen molar-refractivity contribution < 1.29 is 9.53 Å². The van der Waals surface area contributed by atoms with Gasteiger partial charge in [-0.2, -0.15) is 0 Å². The normalized spacial score (nSPS) is 16.7. The minimum absolute atomic E-state index is 0.00966. The minimum atomic E-state index is -0.402. The number of hydrogen-bond donors (Lipinski definition) is 1. The number of carbonyl (C=O) groups excluding carboxylic acids is 1. The quantitative estimate of drug-likeness (QED) is 0.868. The second-order valence-corrected chi connectivity index (χ2v) is 5.97. The van der Waals surface area contributed by atoms with E-state index >= 15 is 0 Å². The van der Waals surface area contributed by atoms with Gasteiger partial charge in [0.2, 0.25) is 0 Å². The van der Waals surface area contributed by atoms with Gasteiger partial charge in [0.25, 0.3) is 5.91 Å². The first kappa shape index (κ1) is 15.9. The van der Waals surface area contributed by atoms with E-state index < -0.39 is 6.10 Å². The molecule has 2 atom stereocenters. The van der Waals surface area contributed by atoms with Gasteiger partial charge < -0.3 is 10.1 Å². The predicted molar refractivity (Wildman–Crippen MR) is 85.7 cm³/mol. The first-order chi connectivity index (χ1) is 10.1. The van der Waals surface area contributed by atoms with Crippen LogP contribution in [0.25, 0.3) is 0 Å². The fraction of sp³-hybridized carbons (Fsp3) is 0.611.